The third kappa shape index (κ3) is 4.01. The number of hydrogen-bond donors (Lipinski definition) is 1. The largest absolute Gasteiger partial charge is 0.394 e. The minimum absolute atomic E-state index is 0.0339. The number of nitrogens with zero attached hydrogens (tertiary/aromatic N) is 1. The van der Waals surface area contributed by atoms with Crippen molar-refractivity contribution in [3.05, 3.63) is 48.0 Å². The summed E-state index contributed by atoms with van der Waals surface area (Å²) in [6.07, 6.45) is 7.38. The molecule has 1 fully saturated rings. The molecule has 2 aliphatic rings. The molecule has 0 bridgehead atoms. The normalized spacial score (nSPS) is 27.4. The fraction of sp³-hybridized carbons (Fsp3) is 0.579. The monoisotopic (exact) mass is 317 g/mol. The summed E-state index contributed by atoms with van der Waals surface area (Å²) in [6.45, 7) is 3.78. The molecule has 4 heteroatoms. The van der Waals surface area contributed by atoms with Crippen LogP contribution >= 0.6 is 0 Å². The Morgan fingerprint density at radius 1 is 1.17 bits per heavy atom. The number of ether oxygens (including phenoxy) is 2. The van der Waals surface area contributed by atoms with Gasteiger partial charge < -0.3 is 14.6 Å². The van der Waals surface area contributed by atoms with Gasteiger partial charge in [0, 0.05) is 18.5 Å². The second-order valence-electron chi connectivity index (χ2n) is 6.38. The van der Waals surface area contributed by atoms with Crippen LogP contribution in [0.15, 0.2) is 42.5 Å². The highest BCUT2D eigenvalue weighted by Gasteiger charge is 2.32. The zero-order chi connectivity index (χ0) is 16.1. The molecule has 1 N–H and O–H groups in total. The number of hydrogen-bond acceptors (Lipinski definition) is 4. The smallest absolute Gasteiger partial charge is 0.157 e. The third-order valence-electron chi connectivity index (χ3n) is 4.83. The molecular formula is C19H27NO3. The third-order valence-corrected chi connectivity index (χ3v) is 4.83. The van der Waals surface area contributed by atoms with Gasteiger partial charge in [-0.25, -0.2) is 0 Å². The summed E-state index contributed by atoms with van der Waals surface area (Å²) in [5, 5.41) is 10.0. The Hall–Kier alpha value is -1.20. The predicted octanol–water partition coefficient (Wildman–Crippen LogP) is 2.89. The molecule has 1 aromatic carbocycles. The molecule has 1 aromatic rings. The van der Waals surface area contributed by atoms with Crippen molar-refractivity contribution in [3.63, 3.8) is 0 Å². The first-order valence-corrected chi connectivity index (χ1v) is 8.62. The van der Waals surface area contributed by atoms with Crippen LogP contribution < -0.4 is 0 Å². The van der Waals surface area contributed by atoms with Crippen LogP contribution in [0.5, 0.6) is 0 Å². The molecule has 4 nitrogen and oxygen atoms in total. The summed E-state index contributed by atoms with van der Waals surface area (Å²) in [7, 11) is 0. The second kappa shape index (κ2) is 8.06. The fourth-order valence-electron chi connectivity index (χ4n) is 3.69. The molecule has 3 atom stereocenters. The van der Waals surface area contributed by atoms with Gasteiger partial charge in [-0.05, 0) is 25.3 Å². The van der Waals surface area contributed by atoms with Crippen molar-refractivity contribution < 1.29 is 14.6 Å². The van der Waals surface area contributed by atoms with Crippen LogP contribution in [-0.2, 0) is 9.47 Å². The molecule has 2 aliphatic heterocycles. The van der Waals surface area contributed by atoms with Gasteiger partial charge >= 0.3 is 0 Å². The van der Waals surface area contributed by atoms with Crippen molar-refractivity contribution in [1.29, 1.82) is 0 Å². The summed E-state index contributed by atoms with van der Waals surface area (Å²) in [4.78, 5) is 2.45. The molecule has 0 spiro atoms. The molecule has 0 radical (unpaired) electrons. The number of aliphatic hydroxyl groups is 1. The highest BCUT2D eigenvalue weighted by atomic mass is 16.7. The maximum Gasteiger partial charge on any atom is 0.157 e. The van der Waals surface area contributed by atoms with Gasteiger partial charge in [0.25, 0.3) is 0 Å². The molecule has 2 heterocycles. The van der Waals surface area contributed by atoms with Gasteiger partial charge in [-0.15, -0.1) is 0 Å². The van der Waals surface area contributed by atoms with E-state index in [9.17, 15) is 5.11 Å². The summed E-state index contributed by atoms with van der Waals surface area (Å²) < 4.78 is 11.1. The van der Waals surface area contributed by atoms with Crippen molar-refractivity contribution in [3.8, 4) is 0 Å². The van der Waals surface area contributed by atoms with Gasteiger partial charge in [0.2, 0.25) is 0 Å². The first-order valence-electron chi connectivity index (χ1n) is 8.62. The van der Waals surface area contributed by atoms with Crippen molar-refractivity contribution in [1.82, 2.24) is 4.90 Å². The minimum atomic E-state index is -0.0632. The predicted molar refractivity (Wildman–Crippen MR) is 90.0 cm³/mol. The van der Waals surface area contributed by atoms with Gasteiger partial charge in [-0.2, -0.15) is 0 Å². The fourth-order valence-corrected chi connectivity index (χ4v) is 3.69. The summed E-state index contributed by atoms with van der Waals surface area (Å²) in [5.41, 5.74) is 1.18. The van der Waals surface area contributed by atoms with E-state index in [0.717, 1.165) is 19.3 Å². The number of rotatable bonds is 6. The van der Waals surface area contributed by atoms with Gasteiger partial charge in [-0.1, -0.05) is 42.5 Å². The average Bonchev–Trinajstić information content (AvgIpc) is 3.10. The molecule has 126 valence electrons. The molecule has 0 unspecified atom stereocenters. The Morgan fingerprint density at radius 2 is 1.91 bits per heavy atom. The van der Waals surface area contributed by atoms with Crippen LogP contribution in [0.3, 0.4) is 0 Å². The lowest BCUT2D eigenvalue weighted by Gasteiger charge is -2.43. The van der Waals surface area contributed by atoms with E-state index < -0.39 is 0 Å². The highest BCUT2D eigenvalue weighted by molar-refractivity contribution is 5.21. The van der Waals surface area contributed by atoms with Gasteiger partial charge in [0.15, 0.2) is 6.29 Å². The van der Waals surface area contributed by atoms with Crippen molar-refractivity contribution in [2.24, 2.45) is 0 Å². The standard InChI is InChI=1S/C19H27NO3/c1-15-6-5-9-17(10-11-19-22-12-13-23-19)20(15)18(14-21)16-7-3-2-4-8-16/h2-5,7-9,15,17-19,21H,6,10-14H2,1H3/t15-,17+,18-/m0/s1. The van der Waals surface area contributed by atoms with E-state index in [1.165, 1.54) is 5.56 Å². The van der Waals surface area contributed by atoms with E-state index >= 15 is 0 Å². The zero-order valence-corrected chi connectivity index (χ0v) is 13.8. The Labute approximate surface area is 138 Å². The summed E-state index contributed by atoms with van der Waals surface area (Å²) in [6, 6.07) is 11.1. The van der Waals surface area contributed by atoms with Crippen LogP contribution in [0.2, 0.25) is 0 Å². The molecule has 0 aliphatic carbocycles. The molecule has 0 saturated carbocycles. The maximum atomic E-state index is 10.0. The SMILES string of the molecule is C[C@H]1CC=C[C@H](CCC2OCCO2)N1[C@@H](CO)c1ccccc1. The van der Waals surface area contributed by atoms with Crippen LogP contribution in [0.4, 0.5) is 0 Å². The van der Waals surface area contributed by atoms with Gasteiger partial charge in [0.05, 0.1) is 25.9 Å². The highest BCUT2D eigenvalue weighted by Crippen LogP contribution is 2.31. The van der Waals surface area contributed by atoms with E-state index in [-0.39, 0.29) is 18.9 Å². The average molecular weight is 317 g/mol. The number of aliphatic hydroxyl groups excluding tert-OH is 1. The molecule has 1 saturated heterocycles. The van der Waals surface area contributed by atoms with Crippen molar-refractivity contribution >= 4 is 0 Å². The quantitative estimate of drug-likeness (QED) is 0.819. The van der Waals surface area contributed by atoms with Crippen molar-refractivity contribution in [2.75, 3.05) is 19.8 Å². The Kier molecular flexibility index (Phi) is 5.84. The van der Waals surface area contributed by atoms with Crippen LogP contribution in [-0.4, -0.2) is 48.2 Å². The van der Waals surface area contributed by atoms with Gasteiger partial charge in [-0.3, -0.25) is 4.90 Å². The van der Waals surface area contributed by atoms with E-state index in [1.807, 2.05) is 18.2 Å². The molecular weight excluding hydrogens is 290 g/mol. The lowest BCUT2D eigenvalue weighted by Crippen LogP contribution is -2.46. The van der Waals surface area contributed by atoms with Crippen LogP contribution in [0.25, 0.3) is 0 Å². The van der Waals surface area contributed by atoms with Crippen molar-refractivity contribution in [2.45, 2.75) is 50.6 Å². The summed E-state index contributed by atoms with van der Waals surface area (Å²) in [5.74, 6) is 0. The first kappa shape index (κ1) is 16.7. The van der Waals surface area contributed by atoms with Crippen LogP contribution in [0.1, 0.15) is 37.8 Å². The minimum Gasteiger partial charge on any atom is -0.394 e. The maximum absolute atomic E-state index is 10.0. The van der Waals surface area contributed by atoms with Gasteiger partial charge in [0.1, 0.15) is 0 Å². The Balaban J connectivity index is 1.73. The Bertz CT molecular complexity index is 499. The van der Waals surface area contributed by atoms with E-state index in [0.29, 0.717) is 25.3 Å². The Morgan fingerprint density at radius 3 is 2.61 bits per heavy atom. The lowest BCUT2D eigenvalue weighted by atomic mass is 9.94. The molecule has 3 rings (SSSR count). The molecule has 0 aromatic heterocycles. The van der Waals surface area contributed by atoms with Crippen LogP contribution in [0, 0.1) is 0 Å². The topological polar surface area (TPSA) is 41.9 Å². The van der Waals surface area contributed by atoms with E-state index in [4.69, 9.17) is 9.47 Å². The first-order chi connectivity index (χ1) is 11.3. The lowest BCUT2D eigenvalue weighted by molar-refractivity contribution is -0.0536. The molecule has 0 amide bonds. The molecule has 23 heavy (non-hydrogen) atoms. The van der Waals surface area contributed by atoms with E-state index in [2.05, 4.69) is 36.1 Å². The zero-order valence-electron chi connectivity index (χ0n) is 13.8. The number of benzene rings is 1. The van der Waals surface area contributed by atoms with E-state index in [1.54, 1.807) is 0 Å². The second-order valence-corrected chi connectivity index (χ2v) is 6.38. The summed E-state index contributed by atoms with van der Waals surface area (Å²) >= 11 is 0.